The third kappa shape index (κ3) is 3.27. The fourth-order valence-electron chi connectivity index (χ4n) is 3.01. The third-order valence-corrected chi connectivity index (χ3v) is 3.79. The molecule has 1 aliphatic carbocycles. The maximum atomic E-state index is 11.9. The summed E-state index contributed by atoms with van der Waals surface area (Å²) in [6, 6.07) is 3.71. The molecule has 0 spiro atoms. The number of ether oxygens (including phenoxy) is 1. The number of hydrogen-bond acceptors (Lipinski definition) is 3. The minimum atomic E-state index is -2.42. The van der Waals surface area contributed by atoms with Crippen molar-refractivity contribution in [1.82, 2.24) is 5.32 Å². The Bertz CT molecular complexity index is 465. The maximum absolute atomic E-state index is 11.9. The molecule has 0 aromatic heterocycles. The average molecular weight is 285 g/mol. The van der Waals surface area contributed by atoms with E-state index in [2.05, 4.69) is 12.2 Å². The quantitative estimate of drug-likeness (QED) is 0.789. The molecule has 0 amide bonds. The molecule has 2 N–H and O–H groups in total. The van der Waals surface area contributed by atoms with Crippen LogP contribution in [0, 0.1) is 6.92 Å². The van der Waals surface area contributed by atoms with E-state index in [1.165, 1.54) is 11.1 Å². The fraction of sp³-hybridized carbons (Fsp3) is 0.600. The Hall–Kier alpha value is -1.20. The summed E-state index contributed by atoms with van der Waals surface area (Å²) in [4.78, 5) is 0. The lowest BCUT2D eigenvalue weighted by molar-refractivity contribution is 0.0182. The Morgan fingerprint density at radius 2 is 2.15 bits per heavy atom. The van der Waals surface area contributed by atoms with Gasteiger partial charge in [-0.05, 0) is 36.5 Å². The summed E-state index contributed by atoms with van der Waals surface area (Å²) in [5.41, 5.74) is 3.34. The molecule has 0 aliphatic heterocycles. The van der Waals surface area contributed by atoms with Crippen molar-refractivity contribution < 1.29 is 18.6 Å². The van der Waals surface area contributed by atoms with Crippen LogP contribution in [0.4, 0.5) is 8.78 Å². The van der Waals surface area contributed by atoms with Crippen LogP contribution in [0.1, 0.15) is 42.0 Å². The van der Waals surface area contributed by atoms with Crippen LogP contribution in [-0.4, -0.2) is 31.3 Å². The van der Waals surface area contributed by atoms with Gasteiger partial charge in [-0.3, -0.25) is 0 Å². The summed E-state index contributed by atoms with van der Waals surface area (Å²) < 4.78 is 28.7. The minimum Gasteiger partial charge on any atom is -0.508 e. The SMILES string of the molecule is Cc1ccc(O)c2c1C(C)CC2NCCOCC(F)F. The molecular formula is C15H21F2NO2. The normalized spacial score (nSPS) is 21.4. The van der Waals surface area contributed by atoms with Crippen LogP contribution in [0.15, 0.2) is 12.1 Å². The van der Waals surface area contributed by atoms with Crippen LogP contribution in [0.3, 0.4) is 0 Å². The predicted octanol–water partition coefficient (Wildman–Crippen LogP) is 3.12. The van der Waals surface area contributed by atoms with Gasteiger partial charge in [-0.15, -0.1) is 0 Å². The monoisotopic (exact) mass is 285 g/mol. The molecule has 2 unspecified atom stereocenters. The summed E-state index contributed by atoms with van der Waals surface area (Å²) in [7, 11) is 0. The molecule has 2 atom stereocenters. The first kappa shape index (κ1) is 15.2. The van der Waals surface area contributed by atoms with E-state index in [-0.39, 0.29) is 12.6 Å². The van der Waals surface area contributed by atoms with Gasteiger partial charge in [0.05, 0.1) is 6.61 Å². The second-order valence-corrected chi connectivity index (χ2v) is 5.34. The molecule has 2 rings (SSSR count). The van der Waals surface area contributed by atoms with E-state index < -0.39 is 13.0 Å². The molecule has 0 radical (unpaired) electrons. The van der Waals surface area contributed by atoms with E-state index in [0.29, 0.717) is 18.2 Å². The van der Waals surface area contributed by atoms with Crippen molar-refractivity contribution in [2.75, 3.05) is 19.8 Å². The number of hydrogen-bond donors (Lipinski definition) is 2. The number of aryl methyl sites for hydroxylation is 1. The van der Waals surface area contributed by atoms with Crippen molar-refractivity contribution in [3.8, 4) is 5.75 Å². The van der Waals surface area contributed by atoms with E-state index in [1.54, 1.807) is 6.07 Å². The van der Waals surface area contributed by atoms with Crippen molar-refractivity contribution in [2.45, 2.75) is 38.7 Å². The van der Waals surface area contributed by atoms with Crippen molar-refractivity contribution >= 4 is 0 Å². The molecule has 1 aromatic rings. The summed E-state index contributed by atoms with van der Waals surface area (Å²) in [5.74, 6) is 0.692. The van der Waals surface area contributed by atoms with Gasteiger partial charge in [0.25, 0.3) is 6.43 Å². The van der Waals surface area contributed by atoms with Crippen molar-refractivity contribution in [1.29, 1.82) is 0 Å². The molecule has 5 heteroatoms. The zero-order valence-electron chi connectivity index (χ0n) is 11.8. The Morgan fingerprint density at radius 3 is 2.85 bits per heavy atom. The van der Waals surface area contributed by atoms with Gasteiger partial charge in [0, 0.05) is 18.2 Å². The first-order chi connectivity index (χ1) is 9.50. The molecule has 0 saturated carbocycles. The molecule has 0 fully saturated rings. The van der Waals surface area contributed by atoms with E-state index in [4.69, 9.17) is 4.74 Å². The lowest BCUT2D eigenvalue weighted by atomic mass is 9.97. The second-order valence-electron chi connectivity index (χ2n) is 5.34. The van der Waals surface area contributed by atoms with E-state index in [9.17, 15) is 13.9 Å². The van der Waals surface area contributed by atoms with Gasteiger partial charge in [-0.1, -0.05) is 13.0 Å². The van der Waals surface area contributed by atoms with Crippen LogP contribution in [0.25, 0.3) is 0 Å². The Kier molecular flexibility index (Phi) is 4.94. The van der Waals surface area contributed by atoms with Crippen LogP contribution < -0.4 is 5.32 Å². The lowest BCUT2D eigenvalue weighted by Crippen LogP contribution is -2.24. The number of halogens is 2. The average Bonchev–Trinajstić information content (AvgIpc) is 2.71. The smallest absolute Gasteiger partial charge is 0.261 e. The number of aromatic hydroxyl groups is 1. The topological polar surface area (TPSA) is 41.5 Å². The number of alkyl halides is 2. The molecule has 112 valence electrons. The highest BCUT2D eigenvalue weighted by molar-refractivity contribution is 5.50. The number of fused-ring (bicyclic) bond motifs is 1. The minimum absolute atomic E-state index is 0.0649. The highest BCUT2D eigenvalue weighted by Crippen LogP contribution is 2.45. The predicted molar refractivity (Wildman–Crippen MR) is 73.4 cm³/mol. The Balaban J connectivity index is 1.95. The lowest BCUT2D eigenvalue weighted by Gasteiger charge is -2.16. The maximum Gasteiger partial charge on any atom is 0.261 e. The van der Waals surface area contributed by atoms with Crippen LogP contribution in [0.5, 0.6) is 5.75 Å². The zero-order valence-corrected chi connectivity index (χ0v) is 11.8. The number of benzene rings is 1. The van der Waals surface area contributed by atoms with E-state index >= 15 is 0 Å². The molecule has 0 bridgehead atoms. The van der Waals surface area contributed by atoms with Crippen LogP contribution >= 0.6 is 0 Å². The molecule has 3 nitrogen and oxygen atoms in total. The Labute approximate surface area is 117 Å². The first-order valence-corrected chi connectivity index (χ1v) is 6.92. The largest absolute Gasteiger partial charge is 0.508 e. The summed E-state index contributed by atoms with van der Waals surface area (Å²) in [6.45, 7) is 4.40. The van der Waals surface area contributed by atoms with Gasteiger partial charge in [0.15, 0.2) is 0 Å². The van der Waals surface area contributed by atoms with Crippen molar-refractivity contribution in [3.05, 3.63) is 28.8 Å². The van der Waals surface area contributed by atoms with Crippen molar-refractivity contribution in [2.24, 2.45) is 0 Å². The molecule has 0 saturated heterocycles. The van der Waals surface area contributed by atoms with Gasteiger partial charge >= 0.3 is 0 Å². The number of phenolic OH excluding ortho intramolecular Hbond substituents is 1. The zero-order chi connectivity index (χ0) is 14.7. The first-order valence-electron chi connectivity index (χ1n) is 6.92. The van der Waals surface area contributed by atoms with Gasteiger partial charge < -0.3 is 15.2 Å². The summed E-state index contributed by atoms with van der Waals surface area (Å²) in [5, 5.41) is 13.3. The highest BCUT2D eigenvalue weighted by atomic mass is 19.3. The van der Waals surface area contributed by atoms with Gasteiger partial charge in [-0.25, -0.2) is 8.78 Å². The molecule has 20 heavy (non-hydrogen) atoms. The summed E-state index contributed by atoms with van der Waals surface area (Å²) >= 11 is 0. The molecular weight excluding hydrogens is 264 g/mol. The van der Waals surface area contributed by atoms with Gasteiger partial charge in [-0.2, -0.15) is 0 Å². The molecule has 1 aliphatic rings. The van der Waals surface area contributed by atoms with Crippen LogP contribution in [0.2, 0.25) is 0 Å². The van der Waals surface area contributed by atoms with Gasteiger partial charge in [0.2, 0.25) is 0 Å². The fourth-order valence-corrected chi connectivity index (χ4v) is 3.01. The second kappa shape index (κ2) is 6.50. The highest BCUT2D eigenvalue weighted by Gasteiger charge is 2.31. The number of phenols is 1. The summed E-state index contributed by atoms with van der Waals surface area (Å²) in [6.07, 6.45) is -1.52. The van der Waals surface area contributed by atoms with E-state index in [1.807, 2.05) is 13.0 Å². The molecule has 0 heterocycles. The Morgan fingerprint density at radius 1 is 1.40 bits per heavy atom. The standard InChI is InChI=1S/C15H21F2NO2/c1-9-3-4-12(19)15-11(7-10(2)14(9)15)18-5-6-20-8-13(16)17/h3-4,10-11,13,18-19H,5-8H2,1-2H3. The molecule has 1 aromatic carbocycles. The van der Waals surface area contributed by atoms with Crippen LogP contribution in [-0.2, 0) is 4.74 Å². The number of nitrogens with one attached hydrogen (secondary N) is 1. The third-order valence-electron chi connectivity index (χ3n) is 3.79. The van der Waals surface area contributed by atoms with Gasteiger partial charge in [0.1, 0.15) is 12.4 Å². The van der Waals surface area contributed by atoms with E-state index in [0.717, 1.165) is 12.0 Å². The number of rotatable bonds is 6. The van der Waals surface area contributed by atoms with Crippen molar-refractivity contribution in [3.63, 3.8) is 0 Å².